The molecule has 2 atom stereocenters. The number of nitrogens with one attached hydrogen (secondary N) is 3. The highest BCUT2D eigenvalue weighted by molar-refractivity contribution is 6.37. The third kappa shape index (κ3) is 5.55. The summed E-state index contributed by atoms with van der Waals surface area (Å²) in [4.78, 5) is 57.7. The second-order valence-corrected chi connectivity index (χ2v) is 10.8. The van der Waals surface area contributed by atoms with Gasteiger partial charge in [-0.05, 0) is 18.2 Å². The Bertz CT molecular complexity index is 2030. The molecule has 4 N–H and O–H groups in total. The minimum Gasteiger partial charge on any atom is -0.465 e. The zero-order chi connectivity index (χ0) is 32.0. The molecule has 1 fully saturated rings. The van der Waals surface area contributed by atoms with Gasteiger partial charge in [0.05, 0.1) is 28.3 Å². The number of anilines is 2. The monoisotopic (exact) mass is 635 g/mol. The minimum absolute atomic E-state index is 0.0185. The molecule has 12 nitrogen and oxygen atoms in total. The van der Waals surface area contributed by atoms with E-state index in [1.807, 2.05) is 0 Å². The summed E-state index contributed by atoms with van der Waals surface area (Å²) in [6.45, 7) is 0.685. The van der Waals surface area contributed by atoms with E-state index in [0.29, 0.717) is 16.4 Å². The van der Waals surface area contributed by atoms with Gasteiger partial charge in [-0.3, -0.25) is 24.4 Å². The molecular formula is C30H24ClF2N7O5. The predicted octanol–water partition coefficient (Wildman–Crippen LogP) is 5.24. The van der Waals surface area contributed by atoms with Gasteiger partial charge in [-0.2, -0.15) is 5.10 Å². The van der Waals surface area contributed by atoms with Crippen LogP contribution in [-0.4, -0.2) is 72.2 Å². The van der Waals surface area contributed by atoms with E-state index in [9.17, 15) is 23.6 Å². The largest absolute Gasteiger partial charge is 0.465 e. The molecule has 3 aromatic carbocycles. The highest BCUT2D eigenvalue weighted by Crippen LogP contribution is 2.37. The van der Waals surface area contributed by atoms with Crippen LogP contribution in [0.3, 0.4) is 0 Å². The van der Waals surface area contributed by atoms with E-state index in [-0.39, 0.29) is 64.3 Å². The van der Waals surface area contributed by atoms with Crippen molar-refractivity contribution in [3.05, 3.63) is 71.1 Å². The standard InChI is InChI=1S/C30H24ClF2N7O5/c1-14(41)26-18-5-2-3-8-21(18)40(38-26)13-23(42)39-12-15(32)11-22(39)28(43)34-19-7-4-6-17(25(19)33)16-9-10-20-27(24(16)31)36-29(35-20)37-30(44)45/h2-10,15,22H,11-13H2,1H3,(H,34,43)(H,44,45)(H2,35,36,37)/t15-,22+/m1/s1. The molecular weight excluding hydrogens is 612 g/mol. The van der Waals surface area contributed by atoms with Gasteiger partial charge in [-0.25, -0.2) is 18.6 Å². The average molecular weight is 636 g/mol. The molecule has 1 aliphatic heterocycles. The number of nitrogens with zero attached hydrogens (tertiary/aromatic N) is 4. The number of likely N-dealkylation sites (tertiary alicyclic amines) is 1. The van der Waals surface area contributed by atoms with E-state index in [4.69, 9.17) is 16.7 Å². The molecule has 1 saturated heterocycles. The van der Waals surface area contributed by atoms with Gasteiger partial charge in [0.2, 0.25) is 17.8 Å². The molecule has 0 spiro atoms. The second-order valence-electron chi connectivity index (χ2n) is 10.5. The first-order chi connectivity index (χ1) is 21.5. The Hall–Kier alpha value is -5.37. The summed E-state index contributed by atoms with van der Waals surface area (Å²) < 4.78 is 31.8. The molecule has 45 heavy (non-hydrogen) atoms. The Morgan fingerprint density at radius 3 is 2.60 bits per heavy atom. The molecule has 2 aromatic heterocycles. The summed E-state index contributed by atoms with van der Waals surface area (Å²) in [6, 6.07) is 13.0. The van der Waals surface area contributed by atoms with Crippen LogP contribution in [0, 0.1) is 5.82 Å². The van der Waals surface area contributed by atoms with Gasteiger partial charge in [-0.1, -0.05) is 48.0 Å². The topological polar surface area (TPSA) is 162 Å². The predicted molar refractivity (Wildman–Crippen MR) is 162 cm³/mol. The third-order valence-electron chi connectivity index (χ3n) is 7.51. The number of Topliss-reactive ketones (excluding diaryl/α,β-unsaturated/α-hetero) is 1. The first kappa shape index (κ1) is 29.7. The van der Waals surface area contributed by atoms with E-state index < -0.39 is 35.9 Å². The lowest BCUT2D eigenvalue weighted by molar-refractivity contribution is -0.137. The van der Waals surface area contributed by atoms with E-state index in [2.05, 4.69) is 25.7 Å². The number of carbonyl (C=O) groups excluding carboxylic acids is 3. The SMILES string of the molecule is CC(=O)c1nn(CC(=O)N2C[C@H](F)C[C@H]2C(=O)Nc2cccc(-c3ccc4[nH]c(NC(=O)O)nc4c3Cl)c2F)c2ccccc12. The molecule has 1 aliphatic rings. The number of imidazole rings is 1. The Balaban J connectivity index is 1.24. The summed E-state index contributed by atoms with van der Waals surface area (Å²) >= 11 is 6.53. The van der Waals surface area contributed by atoms with Crippen molar-refractivity contribution in [1.29, 1.82) is 0 Å². The minimum atomic E-state index is -1.48. The molecule has 0 bridgehead atoms. The number of aromatic amines is 1. The molecule has 0 unspecified atom stereocenters. The van der Waals surface area contributed by atoms with Crippen molar-refractivity contribution in [3.63, 3.8) is 0 Å². The molecule has 230 valence electrons. The van der Waals surface area contributed by atoms with Crippen LogP contribution in [0.4, 0.5) is 25.2 Å². The number of H-pyrrole nitrogens is 1. The van der Waals surface area contributed by atoms with E-state index in [1.54, 1.807) is 30.3 Å². The molecule has 15 heteroatoms. The molecule has 3 heterocycles. The maximum atomic E-state index is 15.8. The average Bonchev–Trinajstić information content (AvgIpc) is 3.70. The zero-order valence-electron chi connectivity index (χ0n) is 23.5. The molecule has 3 amide bonds. The number of amides is 3. The van der Waals surface area contributed by atoms with Crippen molar-refractivity contribution in [3.8, 4) is 11.1 Å². The van der Waals surface area contributed by atoms with Crippen molar-refractivity contribution in [2.75, 3.05) is 17.2 Å². The number of rotatable bonds is 7. The molecule has 0 saturated carbocycles. The normalized spacial score (nSPS) is 16.3. The number of carbonyl (C=O) groups is 4. The van der Waals surface area contributed by atoms with Crippen molar-refractivity contribution >= 4 is 68.9 Å². The summed E-state index contributed by atoms with van der Waals surface area (Å²) in [5.74, 6) is -2.57. The fraction of sp³-hybridized carbons (Fsp3) is 0.200. The Labute approximate surface area is 258 Å². The number of aromatic nitrogens is 4. The van der Waals surface area contributed by atoms with Gasteiger partial charge >= 0.3 is 6.09 Å². The van der Waals surface area contributed by atoms with Crippen LogP contribution in [0.2, 0.25) is 5.02 Å². The van der Waals surface area contributed by atoms with Gasteiger partial charge < -0.3 is 20.3 Å². The number of benzene rings is 3. The molecule has 0 aliphatic carbocycles. The van der Waals surface area contributed by atoms with Crippen molar-refractivity contribution < 1.29 is 33.1 Å². The number of ketones is 1. The van der Waals surface area contributed by atoms with E-state index in [0.717, 1.165) is 4.90 Å². The van der Waals surface area contributed by atoms with Crippen molar-refractivity contribution in [1.82, 2.24) is 24.6 Å². The molecule has 6 rings (SSSR count). The quantitative estimate of drug-likeness (QED) is 0.178. The Kier molecular flexibility index (Phi) is 7.66. The van der Waals surface area contributed by atoms with Crippen LogP contribution in [0.1, 0.15) is 23.8 Å². The maximum absolute atomic E-state index is 15.8. The smallest absolute Gasteiger partial charge is 0.411 e. The van der Waals surface area contributed by atoms with Crippen molar-refractivity contribution in [2.24, 2.45) is 0 Å². The zero-order valence-corrected chi connectivity index (χ0v) is 24.2. The summed E-state index contributed by atoms with van der Waals surface area (Å²) in [7, 11) is 0. The van der Waals surface area contributed by atoms with Gasteiger partial charge in [0.15, 0.2) is 11.6 Å². The lowest BCUT2D eigenvalue weighted by Crippen LogP contribution is -2.44. The van der Waals surface area contributed by atoms with Crippen LogP contribution in [-0.2, 0) is 16.1 Å². The summed E-state index contributed by atoms with van der Waals surface area (Å²) in [5.41, 5.74) is 1.35. The number of carboxylic acid groups (broad SMARTS) is 1. The second kappa shape index (κ2) is 11.6. The highest BCUT2D eigenvalue weighted by Gasteiger charge is 2.40. The Morgan fingerprint density at radius 2 is 1.84 bits per heavy atom. The number of fused-ring (bicyclic) bond motifs is 2. The first-order valence-electron chi connectivity index (χ1n) is 13.7. The number of hydrogen-bond donors (Lipinski definition) is 4. The van der Waals surface area contributed by atoms with Gasteiger partial charge in [0.25, 0.3) is 0 Å². The fourth-order valence-corrected chi connectivity index (χ4v) is 5.81. The highest BCUT2D eigenvalue weighted by atomic mass is 35.5. The maximum Gasteiger partial charge on any atom is 0.411 e. The van der Waals surface area contributed by atoms with Crippen LogP contribution in [0.15, 0.2) is 54.6 Å². The molecule has 0 radical (unpaired) electrons. The van der Waals surface area contributed by atoms with Crippen LogP contribution >= 0.6 is 11.6 Å². The number of halogens is 3. The lowest BCUT2D eigenvalue weighted by atomic mass is 10.0. The van der Waals surface area contributed by atoms with Crippen molar-refractivity contribution in [2.45, 2.75) is 32.1 Å². The molecule has 5 aromatic rings. The number of hydrogen-bond acceptors (Lipinski definition) is 6. The Morgan fingerprint density at radius 1 is 1.07 bits per heavy atom. The number of alkyl halides is 1. The number of para-hydroxylation sites is 1. The summed E-state index contributed by atoms with van der Waals surface area (Å²) in [6.07, 6.45) is -3.10. The van der Waals surface area contributed by atoms with Crippen LogP contribution in [0.5, 0.6) is 0 Å². The lowest BCUT2D eigenvalue weighted by Gasteiger charge is -2.24. The first-order valence-corrected chi connectivity index (χ1v) is 14.1. The van der Waals surface area contributed by atoms with E-state index in [1.165, 1.54) is 35.9 Å². The van der Waals surface area contributed by atoms with Crippen LogP contribution < -0.4 is 10.6 Å². The van der Waals surface area contributed by atoms with Gasteiger partial charge in [-0.15, -0.1) is 0 Å². The van der Waals surface area contributed by atoms with Gasteiger partial charge in [0.1, 0.15) is 30.0 Å². The van der Waals surface area contributed by atoms with Crippen LogP contribution in [0.25, 0.3) is 33.1 Å². The summed E-state index contributed by atoms with van der Waals surface area (Å²) in [5, 5.41) is 18.4. The van der Waals surface area contributed by atoms with Gasteiger partial charge in [0, 0.05) is 29.9 Å². The van der Waals surface area contributed by atoms with E-state index >= 15 is 4.39 Å². The fourth-order valence-electron chi connectivity index (χ4n) is 5.50. The third-order valence-corrected chi connectivity index (χ3v) is 7.90.